The monoisotopic (exact) mass is 260 g/mol. The zero-order valence-electron chi connectivity index (χ0n) is 11.6. The van der Waals surface area contributed by atoms with Gasteiger partial charge in [0.05, 0.1) is 5.92 Å². The van der Waals surface area contributed by atoms with E-state index in [1.165, 1.54) is 0 Å². The smallest absolute Gasteiger partial charge is 0.230 e. The van der Waals surface area contributed by atoms with Crippen LogP contribution >= 0.6 is 0 Å². The molecule has 1 heterocycles. The lowest BCUT2D eigenvalue weighted by atomic mass is 9.89. The van der Waals surface area contributed by atoms with Crippen molar-refractivity contribution in [2.45, 2.75) is 26.2 Å². The Balaban J connectivity index is 2.25. The molecule has 2 amide bonds. The molecular formula is C15H20N2O2. The first kappa shape index (κ1) is 13.6. The molecule has 0 aromatic heterocycles. The minimum Gasteiger partial charge on any atom is -0.345 e. The van der Waals surface area contributed by atoms with Crippen LogP contribution in [0, 0.1) is 5.92 Å². The molecule has 1 aromatic carbocycles. The second-order valence-corrected chi connectivity index (χ2v) is 5.50. The fourth-order valence-corrected chi connectivity index (χ4v) is 2.54. The highest BCUT2D eigenvalue weighted by atomic mass is 16.2. The SMILES string of the molecule is CC(C)CN(C)C(=O)C1CC(=O)Nc2ccccc21. The Morgan fingerprint density at radius 3 is 2.79 bits per heavy atom. The van der Waals surface area contributed by atoms with Crippen LogP contribution in [-0.4, -0.2) is 30.3 Å². The Hall–Kier alpha value is -1.84. The van der Waals surface area contributed by atoms with E-state index in [0.29, 0.717) is 12.5 Å². The van der Waals surface area contributed by atoms with Crippen LogP contribution in [0.3, 0.4) is 0 Å². The molecule has 0 fully saturated rings. The summed E-state index contributed by atoms with van der Waals surface area (Å²) in [5.74, 6) is 0.00121. The van der Waals surface area contributed by atoms with Gasteiger partial charge in [-0.05, 0) is 17.5 Å². The lowest BCUT2D eigenvalue weighted by molar-refractivity contribution is -0.134. The first-order chi connectivity index (χ1) is 8.99. The highest BCUT2D eigenvalue weighted by Crippen LogP contribution is 2.33. The fourth-order valence-electron chi connectivity index (χ4n) is 2.54. The van der Waals surface area contributed by atoms with Gasteiger partial charge in [0, 0.05) is 25.7 Å². The predicted molar refractivity (Wildman–Crippen MR) is 74.9 cm³/mol. The number of likely N-dealkylation sites (N-methyl/N-ethyl adjacent to an activating group) is 1. The third-order valence-electron chi connectivity index (χ3n) is 3.31. The summed E-state index contributed by atoms with van der Waals surface area (Å²) < 4.78 is 0. The Morgan fingerprint density at radius 2 is 2.11 bits per heavy atom. The number of para-hydroxylation sites is 1. The van der Waals surface area contributed by atoms with Crippen molar-refractivity contribution in [3.8, 4) is 0 Å². The third kappa shape index (κ3) is 2.95. The summed E-state index contributed by atoms with van der Waals surface area (Å²) in [5, 5.41) is 2.81. The number of benzene rings is 1. The average Bonchev–Trinajstić information content (AvgIpc) is 2.36. The van der Waals surface area contributed by atoms with Crippen LogP contribution in [0.1, 0.15) is 31.7 Å². The van der Waals surface area contributed by atoms with E-state index in [9.17, 15) is 9.59 Å². The Morgan fingerprint density at radius 1 is 1.42 bits per heavy atom. The molecule has 0 saturated carbocycles. The lowest BCUT2D eigenvalue weighted by Gasteiger charge is -2.29. The van der Waals surface area contributed by atoms with Gasteiger partial charge in [0.2, 0.25) is 11.8 Å². The number of rotatable bonds is 3. The minimum absolute atomic E-state index is 0.0241. The number of nitrogens with zero attached hydrogens (tertiary/aromatic N) is 1. The molecule has 1 aromatic rings. The van der Waals surface area contributed by atoms with Crippen LogP contribution in [0.15, 0.2) is 24.3 Å². The number of carbonyl (C=O) groups excluding carboxylic acids is 2. The molecular weight excluding hydrogens is 240 g/mol. The van der Waals surface area contributed by atoms with Crippen LogP contribution in [0.5, 0.6) is 0 Å². The lowest BCUT2D eigenvalue weighted by Crippen LogP contribution is -2.38. The summed E-state index contributed by atoms with van der Waals surface area (Å²) in [6.45, 7) is 4.86. The van der Waals surface area contributed by atoms with E-state index >= 15 is 0 Å². The van der Waals surface area contributed by atoms with Crippen LogP contribution in [0.4, 0.5) is 5.69 Å². The highest BCUT2D eigenvalue weighted by molar-refractivity contribution is 6.01. The van der Waals surface area contributed by atoms with E-state index in [4.69, 9.17) is 0 Å². The number of nitrogens with one attached hydrogen (secondary N) is 1. The molecule has 4 heteroatoms. The summed E-state index contributed by atoms with van der Waals surface area (Å²) in [4.78, 5) is 25.9. The van der Waals surface area contributed by atoms with Gasteiger partial charge in [0.15, 0.2) is 0 Å². The van der Waals surface area contributed by atoms with Crippen molar-refractivity contribution >= 4 is 17.5 Å². The van der Waals surface area contributed by atoms with E-state index in [1.807, 2.05) is 24.3 Å². The molecule has 0 saturated heterocycles. The van der Waals surface area contributed by atoms with E-state index in [1.54, 1.807) is 11.9 Å². The third-order valence-corrected chi connectivity index (χ3v) is 3.31. The van der Waals surface area contributed by atoms with Crippen molar-refractivity contribution < 1.29 is 9.59 Å². The van der Waals surface area contributed by atoms with Gasteiger partial charge in [-0.1, -0.05) is 32.0 Å². The number of anilines is 1. The molecule has 0 bridgehead atoms. The van der Waals surface area contributed by atoms with Crippen LogP contribution in [0.2, 0.25) is 0 Å². The highest BCUT2D eigenvalue weighted by Gasteiger charge is 2.32. The topological polar surface area (TPSA) is 49.4 Å². The summed E-state index contributed by atoms with van der Waals surface area (Å²) in [7, 11) is 1.80. The summed E-state index contributed by atoms with van der Waals surface area (Å²) in [5.41, 5.74) is 1.68. The van der Waals surface area contributed by atoms with Crippen LogP contribution in [-0.2, 0) is 9.59 Å². The second-order valence-electron chi connectivity index (χ2n) is 5.50. The van der Waals surface area contributed by atoms with Gasteiger partial charge in [0.25, 0.3) is 0 Å². The van der Waals surface area contributed by atoms with Crippen LogP contribution < -0.4 is 5.32 Å². The number of fused-ring (bicyclic) bond motifs is 1. The average molecular weight is 260 g/mol. The molecule has 1 N–H and O–H groups in total. The van der Waals surface area contributed by atoms with E-state index < -0.39 is 0 Å². The molecule has 1 aliphatic rings. The summed E-state index contributed by atoms with van der Waals surface area (Å²) in [6.07, 6.45) is 0.234. The molecule has 2 rings (SSSR count). The van der Waals surface area contributed by atoms with Gasteiger partial charge in [0.1, 0.15) is 0 Å². The van der Waals surface area contributed by atoms with Crippen LogP contribution in [0.25, 0.3) is 0 Å². The molecule has 0 aliphatic carbocycles. The maximum Gasteiger partial charge on any atom is 0.230 e. The van der Waals surface area contributed by atoms with Crippen molar-refractivity contribution in [1.82, 2.24) is 4.90 Å². The van der Waals surface area contributed by atoms with Crippen molar-refractivity contribution in [3.63, 3.8) is 0 Å². The van der Waals surface area contributed by atoms with E-state index in [0.717, 1.165) is 11.3 Å². The minimum atomic E-state index is -0.353. The molecule has 1 atom stereocenters. The first-order valence-electron chi connectivity index (χ1n) is 6.62. The number of hydrogen-bond acceptors (Lipinski definition) is 2. The zero-order valence-corrected chi connectivity index (χ0v) is 11.6. The van der Waals surface area contributed by atoms with E-state index in [2.05, 4.69) is 19.2 Å². The molecule has 0 radical (unpaired) electrons. The Kier molecular flexibility index (Phi) is 3.88. The molecule has 19 heavy (non-hydrogen) atoms. The predicted octanol–water partition coefficient (Wildman–Crippen LogP) is 2.23. The zero-order chi connectivity index (χ0) is 14.0. The van der Waals surface area contributed by atoms with E-state index in [-0.39, 0.29) is 24.2 Å². The quantitative estimate of drug-likeness (QED) is 0.906. The molecule has 1 aliphatic heterocycles. The van der Waals surface area contributed by atoms with Gasteiger partial charge < -0.3 is 10.2 Å². The normalized spacial score (nSPS) is 17.9. The summed E-state index contributed by atoms with van der Waals surface area (Å²) in [6, 6.07) is 7.53. The van der Waals surface area contributed by atoms with Gasteiger partial charge in [-0.2, -0.15) is 0 Å². The molecule has 1 unspecified atom stereocenters. The van der Waals surface area contributed by atoms with Crippen molar-refractivity contribution in [1.29, 1.82) is 0 Å². The van der Waals surface area contributed by atoms with Crippen molar-refractivity contribution in [3.05, 3.63) is 29.8 Å². The fraction of sp³-hybridized carbons (Fsp3) is 0.467. The number of amides is 2. The van der Waals surface area contributed by atoms with Gasteiger partial charge in [-0.3, -0.25) is 9.59 Å². The van der Waals surface area contributed by atoms with Crippen molar-refractivity contribution in [2.75, 3.05) is 18.9 Å². The molecule has 4 nitrogen and oxygen atoms in total. The summed E-state index contributed by atoms with van der Waals surface area (Å²) >= 11 is 0. The maximum absolute atomic E-state index is 12.5. The standard InChI is InChI=1S/C15H20N2O2/c1-10(2)9-17(3)15(19)12-8-14(18)16-13-7-5-4-6-11(12)13/h4-7,10,12H,8-9H2,1-3H3,(H,16,18). The maximum atomic E-state index is 12.5. The molecule has 0 spiro atoms. The Bertz CT molecular complexity index is 497. The number of carbonyl (C=O) groups is 2. The Labute approximate surface area is 113 Å². The first-order valence-corrected chi connectivity index (χ1v) is 6.62. The number of hydrogen-bond donors (Lipinski definition) is 1. The second kappa shape index (κ2) is 5.43. The molecule has 102 valence electrons. The largest absolute Gasteiger partial charge is 0.345 e. The van der Waals surface area contributed by atoms with Gasteiger partial charge >= 0.3 is 0 Å². The van der Waals surface area contributed by atoms with Gasteiger partial charge in [-0.15, -0.1) is 0 Å². The van der Waals surface area contributed by atoms with Crippen molar-refractivity contribution in [2.24, 2.45) is 5.92 Å². The van der Waals surface area contributed by atoms with Gasteiger partial charge in [-0.25, -0.2) is 0 Å².